The third-order valence-corrected chi connectivity index (χ3v) is 4.27. The number of pyridine rings is 1. The van der Waals surface area contributed by atoms with Crippen LogP contribution in [0.15, 0.2) is 54.5 Å². The van der Waals surface area contributed by atoms with Crippen molar-refractivity contribution >= 4 is 42.6 Å². The van der Waals surface area contributed by atoms with Crippen LogP contribution in [0.1, 0.15) is 17.5 Å². The summed E-state index contributed by atoms with van der Waals surface area (Å²) in [5, 5.41) is 11.8. The largest absolute Gasteiger partial charge is 0.366 e. The number of carbonyl (C=O) groups excluding carboxylic acids is 1. The Balaban J connectivity index is 0.00000196. The van der Waals surface area contributed by atoms with Crippen LogP contribution in [-0.2, 0) is 11.3 Å². The molecule has 1 aliphatic heterocycles. The highest BCUT2D eigenvalue weighted by molar-refractivity contribution is 5.94. The summed E-state index contributed by atoms with van der Waals surface area (Å²) >= 11 is 0. The molecule has 0 radical (unpaired) electrons. The van der Waals surface area contributed by atoms with Gasteiger partial charge in [0.15, 0.2) is 5.83 Å². The summed E-state index contributed by atoms with van der Waals surface area (Å²) in [6.45, 7) is 2.89. The molecule has 1 fully saturated rings. The standard InChI is InChI=1S/C19H21FN4O2.2ClH/c20-17(19(25)23-26)10-15-6-7-18(21-11-15)22-16-8-9-24(13-16)12-14-4-2-1-3-5-14;;/h1-7,10-11,16,26H,8-9,12-13H2,(H,21,22)(H,23,25);2*1H/b17-10+;;/t16-;;/m1../s1. The molecule has 2 aromatic rings. The summed E-state index contributed by atoms with van der Waals surface area (Å²) < 4.78 is 13.4. The van der Waals surface area contributed by atoms with E-state index in [9.17, 15) is 9.18 Å². The molecule has 9 heteroatoms. The van der Waals surface area contributed by atoms with E-state index in [0.29, 0.717) is 17.4 Å². The van der Waals surface area contributed by atoms with Crippen molar-refractivity contribution in [3.05, 3.63) is 65.6 Å². The maximum absolute atomic E-state index is 13.4. The van der Waals surface area contributed by atoms with Crippen molar-refractivity contribution in [3.63, 3.8) is 0 Å². The molecule has 0 saturated carbocycles. The number of anilines is 1. The van der Waals surface area contributed by atoms with Gasteiger partial charge >= 0.3 is 5.91 Å². The minimum absolute atomic E-state index is 0. The van der Waals surface area contributed by atoms with Crippen LogP contribution >= 0.6 is 24.8 Å². The lowest BCUT2D eigenvalue weighted by Crippen LogP contribution is -2.26. The summed E-state index contributed by atoms with van der Waals surface area (Å²) in [6, 6.07) is 14.1. The van der Waals surface area contributed by atoms with E-state index < -0.39 is 11.7 Å². The molecule has 1 aliphatic rings. The molecule has 0 spiro atoms. The molecular formula is C19H23Cl2FN4O2. The third kappa shape index (κ3) is 6.76. The number of rotatable bonds is 6. The van der Waals surface area contributed by atoms with Crippen LogP contribution in [0.25, 0.3) is 6.08 Å². The van der Waals surface area contributed by atoms with Gasteiger partial charge in [0.2, 0.25) is 0 Å². The molecule has 3 rings (SSSR count). The van der Waals surface area contributed by atoms with Crippen LogP contribution in [0, 0.1) is 0 Å². The van der Waals surface area contributed by atoms with Gasteiger partial charge in [-0.1, -0.05) is 30.3 Å². The van der Waals surface area contributed by atoms with E-state index in [1.165, 1.54) is 17.2 Å². The number of nitrogens with zero attached hydrogens (tertiary/aromatic N) is 2. The number of likely N-dealkylation sites (tertiary alicyclic amines) is 1. The predicted molar refractivity (Wildman–Crippen MR) is 111 cm³/mol. The summed E-state index contributed by atoms with van der Waals surface area (Å²) in [6.07, 6.45) is 3.52. The zero-order chi connectivity index (χ0) is 18.4. The first-order chi connectivity index (χ1) is 12.6. The monoisotopic (exact) mass is 428 g/mol. The van der Waals surface area contributed by atoms with E-state index in [0.717, 1.165) is 32.1 Å². The van der Waals surface area contributed by atoms with Gasteiger partial charge in [0.25, 0.3) is 0 Å². The van der Waals surface area contributed by atoms with E-state index >= 15 is 0 Å². The Labute approximate surface area is 175 Å². The molecular weight excluding hydrogens is 406 g/mol. The predicted octanol–water partition coefficient (Wildman–Crippen LogP) is 3.43. The minimum Gasteiger partial charge on any atom is -0.366 e. The van der Waals surface area contributed by atoms with Gasteiger partial charge < -0.3 is 5.32 Å². The normalized spacial score (nSPS) is 16.6. The van der Waals surface area contributed by atoms with Gasteiger partial charge in [-0.25, -0.2) is 14.9 Å². The molecule has 3 N–H and O–H groups in total. The SMILES string of the molecule is Cl.Cl.O=C(NO)/C(F)=C\c1ccc(N[C@@H]2CCN(Cc3ccccc3)C2)nc1. The van der Waals surface area contributed by atoms with Crippen LogP contribution in [0.4, 0.5) is 10.2 Å². The van der Waals surface area contributed by atoms with Crippen LogP contribution in [-0.4, -0.2) is 40.1 Å². The Morgan fingerprint density at radius 2 is 2.00 bits per heavy atom. The molecule has 1 aromatic heterocycles. The minimum atomic E-state index is -1.18. The molecule has 0 unspecified atom stereocenters. The maximum Gasteiger partial charge on any atom is 0.303 e. The van der Waals surface area contributed by atoms with Gasteiger partial charge in [0.1, 0.15) is 5.82 Å². The summed E-state index contributed by atoms with van der Waals surface area (Å²) in [7, 11) is 0. The number of nitrogens with one attached hydrogen (secondary N) is 2. The molecule has 0 bridgehead atoms. The van der Waals surface area contributed by atoms with Crippen LogP contribution in [0.3, 0.4) is 0 Å². The fraction of sp³-hybridized carbons (Fsp3) is 0.263. The smallest absolute Gasteiger partial charge is 0.303 e. The Hall–Kier alpha value is -2.19. The number of hydrogen-bond acceptors (Lipinski definition) is 5. The molecule has 2 heterocycles. The Bertz CT molecular complexity index is 775. The van der Waals surface area contributed by atoms with Crippen molar-refractivity contribution in [1.82, 2.24) is 15.4 Å². The quantitative estimate of drug-likeness (QED) is 0.373. The van der Waals surface area contributed by atoms with Gasteiger partial charge in [-0.2, -0.15) is 0 Å². The number of benzene rings is 1. The first-order valence-corrected chi connectivity index (χ1v) is 8.44. The number of aromatic nitrogens is 1. The zero-order valence-corrected chi connectivity index (χ0v) is 16.7. The van der Waals surface area contributed by atoms with E-state index in [1.54, 1.807) is 12.1 Å². The first-order valence-electron chi connectivity index (χ1n) is 8.44. The lowest BCUT2D eigenvalue weighted by molar-refractivity contribution is -0.126. The number of amides is 1. The highest BCUT2D eigenvalue weighted by Crippen LogP contribution is 2.17. The van der Waals surface area contributed by atoms with Crippen molar-refractivity contribution < 1.29 is 14.4 Å². The number of hydroxylamine groups is 1. The second-order valence-electron chi connectivity index (χ2n) is 6.26. The summed E-state index contributed by atoms with van der Waals surface area (Å²) in [5.41, 5.74) is 2.99. The van der Waals surface area contributed by atoms with Gasteiger partial charge in [-0.05, 0) is 35.8 Å². The van der Waals surface area contributed by atoms with Gasteiger partial charge in [-0.3, -0.25) is 14.9 Å². The number of hydrogen-bond donors (Lipinski definition) is 3. The van der Waals surface area contributed by atoms with E-state index in [1.807, 2.05) is 18.2 Å². The number of halogens is 3. The van der Waals surface area contributed by atoms with Crippen LogP contribution in [0.2, 0.25) is 0 Å². The van der Waals surface area contributed by atoms with Gasteiger partial charge in [0, 0.05) is 31.9 Å². The Morgan fingerprint density at radius 1 is 1.25 bits per heavy atom. The average molecular weight is 429 g/mol. The zero-order valence-electron chi connectivity index (χ0n) is 15.0. The van der Waals surface area contributed by atoms with Gasteiger partial charge in [-0.15, -0.1) is 24.8 Å². The molecule has 1 amide bonds. The Morgan fingerprint density at radius 3 is 2.64 bits per heavy atom. The molecule has 152 valence electrons. The van der Waals surface area contributed by atoms with E-state index in [2.05, 4.69) is 27.3 Å². The molecule has 1 atom stereocenters. The van der Waals surface area contributed by atoms with Crippen LogP contribution < -0.4 is 10.8 Å². The highest BCUT2D eigenvalue weighted by Gasteiger charge is 2.22. The molecule has 6 nitrogen and oxygen atoms in total. The van der Waals surface area contributed by atoms with Crippen molar-refractivity contribution in [1.29, 1.82) is 0 Å². The van der Waals surface area contributed by atoms with E-state index in [-0.39, 0.29) is 24.8 Å². The third-order valence-electron chi connectivity index (χ3n) is 4.27. The summed E-state index contributed by atoms with van der Waals surface area (Å²) in [4.78, 5) is 17.6. The van der Waals surface area contributed by atoms with Gasteiger partial charge in [0.05, 0.1) is 0 Å². The number of carbonyl (C=O) groups is 1. The second-order valence-corrected chi connectivity index (χ2v) is 6.26. The van der Waals surface area contributed by atoms with Crippen LogP contribution in [0.5, 0.6) is 0 Å². The lowest BCUT2D eigenvalue weighted by Gasteiger charge is -2.17. The maximum atomic E-state index is 13.4. The second kappa shape index (κ2) is 11.6. The van der Waals surface area contributed by atoms with E-state index in [4.69, 9.17) is 5.21 Å². The summed E-state index contributed by atoms with van der Waals surface area (Å²) in [5.74, 6) is -1.56. The first kappa shape index (κ1) is 23.8. The molecule has 0 aliphatic carbocycles. The fourth-order valence-electron chi connectivity index (χ4n) is 2.99. The van der Waals surface area contributed by atoms with Crippen molar-refractivity contribution in [3.8, 4) is 0 Å². The average Bonchev–Trinajstić information content (AvgIpc) is 3.10. The molecule has 1 aromatic carbocycles. The topological polar surface area (TPSA) is 77.5 Å². The highest BCUT2D eigenvalue weighted by atomic mass is 35.5. The molecule has 1 saturated heterocycles. The van der Waals surface area contributed by atoms with Crippen molar-refractivity contribution in [2.75, 3.05) is 18.4 Å². The molecule has 28 heavy (non-hydrogen) atoms. The van der Waals surface area contributed by atoms with Crippen molar-refractivity contribution in [2.24, 2.45) is 0 Å². The lowest BCUT2D eigenvalue weighted by atomic mass is 10.2. The van der Waals surface area contributed by atoms with Crippen molar-refractivity contribution in [2.45, 2.75) is 19.0 Å². The fourth-order valence-corrected chi connectivity index (χ4v) is 2.99. The Kier molecular flexibility index (Phi) is 9.89.